The summed E-state index contributed by atoms with van der Waals surface area (Å²) in [5, 5.41) is 5.85. The van der Waals surface area contributed by atoms with Crippen molar-refractivity contribution in [1.29, 1.82) is 0 Å². The molecule has 0 radical (unpaired) electrons. The first-order chi connectivity index (χ1) is 7.57. The summed E-state index contributed by atoms with van der Waals surface area (Å²) < 4.78 is 5.36. The van der Waals surface area contributed by atoms with Gasteiger partial charge in [-0.3, -0.25) is 4.79 Å². The molecule has 1 amide bonds. The van der Waals surface area contributed by atoms with Gasteiger partial charge in [-0.2, -0.15) is 0 Å². The maximum Gasteiger partial charge on any atom is 0.249 e. The molecule has 0 rings (SSSR count). The maximum absolute atomic E-state index is 11.3. The molecule has 0 spiro atoms. The first-order valence-electron chi connectivity index (χ1n) is 5.64. The van der Waals surface area contributed by atoms with E-state index in [9.17, 15) is 4.79 Å². The molecular formula is C12H22N2O2. The number of amides is 1. The van der Waals surface area contributed by atoms with Crippen molar-refractivity contribution in [2.75, 3.05) is 19.7 Å². The lowest BCUT2D eigenvalue weighted by molar-refractivity contribution is -0.131. The summed E-state index contributed by atoms with van der Waals surface area (Å²) in [6, 6.07) is 0.483. The Morgan fingerprint density at radius 2 is 2.12 bits per heavy atom. The average molecular weight is 226 g/mol. The Morgan fingerprint density at radius 1 is 1.44 bits per heavy atom. The van der Waals surface area contributed by atoms with Crippen LogP contribution in [0.2, 0.25) is 0 Å². The molecule has 1 atom stereocenters. The highest BCUT2D eigenvalue weighted by atomic mass is 16.5. The molecule has 0 aliphatic rings. The molecule has 0 aliphatic carbocycles. The van der Waals surface area contributed by atoms with E-state index in [0.29, 0.717) is 12.6 Å². The number of hydrogen-bond acceptors (Lipinski definition) is 3. The fourth-order valence-electron chi connectivity index (χ4n) is 1.08. The van der Waals surface area contributed by atoms with Crippen LogP contribution in [0.4, 0.5) is 0 Å². The highest BCUT2D eigenvalue weighted by molar-refractivity contribution is 5.80. The van der Waals surface area contributed by atoms with Crippen molar-refractivity contribution in [3.05, 3.63) is 0 Å². The third-order valence-corrected chi connectivity index (χ3v) is 1.98. The zero-order chi connectivity index (χ0) is 12.4. The monoisotopic (exact) mass is 226 g/mol. The molecule has 1 unspecified atom stereocenters. The van der Waals surface area contributed by atoms with Crippen molar-refractivity contribution in [2.45, 2.75) is 39.3 Å². The molecule has 0 aromatic rings. The summed E-state index contributed by atoms with van der Waals surface area (Å²) in [6.07, 6.45) is 5.49. The second-order valence-electron chi connectivity index (χ2n) is 3.90. The Morgan fingerprint density at radius 3 is 2.69 bits per heavy atom. The number of nitrogens with one attached hydrogen (secondary N) is 2. The van der Waals surface area contributed by atoms with E-state index in [4.69, 9.17) is 11.2 Å². The van der Waals surface area contributed by atoms with Crippen LogP contribution in [0.15, 0.2) is 0 Å². The van der Waals surface area contributed by atoms with Crippen molar-refractivity contribution >= 4 is 5.91 Å². The summed E-state index contributed by atoms with van der Waals surface area (Å²) in [6.45, 7) is 7.64. The minimum atomic E-state index is -0.438. The molecule has 92 valence electrons. The Bertz CT molecular complexity index is 234. The fourth-order valence-corrected chi connectivity index (χ4v) is 1.08. The second kappa shape index (κ2) is 9.20. The van der Waals surface area contributed by atoms with Gasteiger partial charge in [-0.1, -0.05) is 19.8 Å². The number of ether oxygens (including phenoxy) is 1. The lowest BCUT2D eigenvalue weighted by Crippen LogP contribution is -2.35. The molecular weight excluding hydrogens is 204 g/mol. The predicted molar refractivity (Wildman–Crippen MR) is 65.0 cm³/mol. The van der Waals surface area contributed by atoms with Crippen molar-refractivity contribution in [2.24, 2.45) is 0 Å². The molecule has 4 heteroatoms. The van der Waals surface area contributed by atoms with E-state index in [2.05, 4.69) is 30.4 Å². The summed E-state index contributed by atoms with van der Waals surface area (Å²) in [7, 11) is 0. The Kier molecular flexibility index (Phi) is 8.59. The van der Waals surface area contributed by atoms with Crippen molar-refractivity contribution in [3.63, 3.8) is 0 Å². The summed E-state index contributed by atoms with van der Waals surface area (Å²) in [5.74, 6) is 2.19. The highest BCUT2D eigenvalue weighted by Crippen LogP contribution is 1.92. The molecule has 0 aromatic heterocycles. The van der Waals surface area contributed by atoms with Crippen LogP contribution in [0.25, 0.3) is 0 Å². The van der Waals surface area contributed by atoms with Gasteiger partial charge in [0.15, 0.2) is 0 Å². The van der Waals surface area contributed by atoms with E-state index in [1.165, 1.54) is 0 Å². The third kappa shape index (κ3) is 8.27. The number of hydrogen-bond donors (Lipinski definition) is 2. The van der Waals surface area contributed by atoms with E-state index in [1.54, 1.807) is 6.92 Å². The molecule has 0 saturated carbocycles. The van der Waals surface area contributed by atoms with Crippen LogP contribution in [0.5, 0.6) is 0 Å². The van der Waals surface area contributed by atoms with Gasteiger partial charge in [-0.05, 0) is 19.9 Å². The molecule has 0 aliphatic heterocycles. The zero-order valence-corrected chi connectivity index (χ0v) is 10.4. The first kappa shape index (κ1) is 14.9. The topological polar surface area (TPSA) is 50.4 Å². The van der Waals surface area contributed by atoms with Crippen molar-refractivity contribution in [1.82, 2.24) is 10.6 Å². The molecule has 4 nitrogen and oxygen atoms in total. The lowest BCUT2D eigenvalue weighted by Gasteiger charge is -2.13. The molecule has 16 heavy (non-hydrogen) atoms. The van der Waals surface area contributed by atoms with E-state index in [-0.39, 0.29) is 12.5 Å². The number of carbonyl (C=O) groups is 1. The Balaban J connectivity index is 3.46. The van der Waals surface area contributed by atoms with Gasteiger partial charge in [0.2, 0.25) is 5.91 Å². The van der Waals surface area contributed by atoms with Crippen LogP contribution in [-0.4, -0.2) is 37.7 Å². The normalized spacial score (nSPS) is 12.2. The molecule has 0 saturated heterocycles. The van der Waals surface area contributed by atoms with Gasteiger partial charge in [-0.25, -0.2) is 0 Å². The minimum absolute atomic E-state index is 0.158. The third-order valence-electron chi connectivity index (χ3n) is 1.98. The standard InChI is InChI=1S/C12H22N2O2/c1-5-7-14-12(15)11(4)16-9-6-8-13-10(2)3/h1,10-11,13H,6-9H2,2-4H3,(H,14,15). The van der Waals surface area contributed by atoms with Gasteiger partial charge in [0.05, 0.1) is 6.54 Å². The SMILES string of the molecule is C#CCNC(=O)C(C)OCCCNC(C)C. The van der Waals surface area contributed by atoms with Crippen molar-refractivity contribution < 1.29 is 9.53 Å². The highest BCUT2D eigenvalue weighted by Gasteiger charge is 2.11. The van der Waals surface area contributed by atoms with Gasteiger partial charge in [0.25, 0.3) is 0 Å². The van der Waals surface area contributed by atoms with Gasteiger partial charge in [-0.15, -0.1) is 6.42 Å². The molecule has 0 heterocycles. The smallest absolute Gasteiger partial charge is 0.249 e. The molecule has 2 N–H and O–H groups in total. The van der Waals surface area contributed by atoms with E-state index < -0.39 is 6.10 Å². The number of terminal acetylenes is 1. The lowest BCUT2D eigenvalue weighted by atomic mass is 10.3. The quantitative estimate of drug-likeness (QED) is 0.469. The number of rotatable bonds is 8. The first-order valence-corrected chi connectivity index (χ1v) is 5.64. The summed E-state index contributed by atoms with van der Waals surface area (Å²) in [5.41, 5.74) is 0. The summed E-state index contributed by atoms with van der Waals surface area (Å²) in [4.78, 5) is 11.3. The zero-order valence-electron chi connectivity index (χ0n) is 10.4. The van der Waals surface area contributed by atoms with Crippen LogP contribution in [-0.2, 0) is 9.53 Å². The van der Waals surface area contributed by atoms with Crippen LogP contribution in [0.3, 0.4) is 0 Å². The van der Waals surface area contributed by atoms with E-state index in [1.807, 2.05) is 0 Å². The Labute approximate surface area is 98.1 Å². The van der Waals surface area contributed by atoms with Crippen LogP contribution < -0.4 is 10.6 Å². The second-order valence-corrected chi connectivity index (χ2v) is 3.90. The molecule has 0 bridgehead atoms. The average Bonchev–Trinajstić information content (AvgIpc) is 2.24. The van der Waals surface area contributed by atoms with Gasteiger partial charge in [0, 0.05) is 12.6 Å². The van der Waals surface area contributed by atoms with Gasteiger partial charge in [0.1, 0.15) is 6.10 Å². The minimum Gasteiger partial charge on any atom is -0.369 e. The van der Waals surface area contributed by atoms with Gasteiger partial charge >= 0.3 is 0 Å². The van der Waals surface area contributed by atoms with Crippen molar-refractivity contribution in [3.8, 4) is 12.3 Å². The number of carbonyl (C=O) groups excluding carboxylic acids is 1. The molecule has 0 aromatic carbocycles. The fraction of sp³-hybridized carbons (Fsp3) is 0.750. The largest absolute Gasteiger partial charge is 0.369 e. The Hall–Kier alpha value is -1.05. The van der Waals surface area contributed by atoms with Crippen LogP contribution in [0, 0.1) is 12.3 Å². The maximum atomic E-state index is 11.3. The van der Waals surface area contributed by atoms with E-state index in [0.717, 1.165) is 13.0 Å². The van der Waals surface area contributed by atoms with Crippen LogP contribution >= 0.6 is 0 Å². The predicted octanol–water partition coefficient (Wildman–Crippen LogP) is 0.529. The van der Waals surface area contributed by atoms with Crippen LogP contribution in [0.1, 0.15) is 27.2 Å². The summed E-state index contributed by atoms with van der Waals surface area (Å²) >= 11 is 0. The molecule has 0 fully saturated rings. The van der Waals surface area contributed by atoms with E-state index >= 15 is 0 Å². The van der Waals surface area contributed by atoms with Gasteiger partial charge < -0.3 is 15.4 Å².